The maximum atomic E-state index is 12.4. The van der Waals surface area contributed by atoms with E-state index in [1.807, 2.05) is 13.8 Å². The number of rotatable bonds is 9. The Morgan fingerprint density at radius 3 is 2.44 bits per heavy atom. The molecule has 0 atom stereocenters. The first-order valence-electron chi connectivity index (χ1n) is 10.3. The van der Waals surface area contributed by atoms with Gasteiger partial charge in [0.25, 0.3) is 5.91 Å². The molecule has 0 aliphatic heterocycles. The van der Waals surface area contributed by atoms with E-state index in [0.717, 1.165) is 12.1 Å². The summed E-state index contributed by atoms with van der Waals surface area (Å²) < 4.78 is 5.22. The molecule has 0 saturated heterocycles. The van der Waals surface area contributed by atoms with Crippen LogP contribution >= 0.6 is 0 Å². The van der Waals surface area contributed by atoms with Crippen LogP contribution in [0.25, 0.3) is 5.70 Å². The van der Waals surface area contributed by atoms with Crippen LogP contribution in [0, 0.1) is 0 Å². The number of nitrogens with two attached hydrogens (primary N) is 3. The molecule has 0 unspecified atom stereocenters. The molecule has 2 heterocycles. The van der Waals surface area contributed by atoms with Crippen LogP contribution < -0.4 is 22.5 Å². The molecule has 0 aliphatic rings. The van der Waals surface area contributed by atoms with Crippen LogP contribution in [0.2, 0.25) is 0 Å². The number of aromatic nitrogens is 2. The number of anilines is 1. The quantitative estimate of drug-likeness (QED) is 0.261. The number of amides is 2. The van der Waals surface area contributed by atoms with E-state index in [1.165, 1.54) is 6.20 Å². The third-order valence-corrected chi connectivity index (χ3v) is 4.98. The lowest BCUT2D eigenvalue weighted by Gasteiger charge is -2.18. The van der Waals surface area contributed by atoms with E-state index >= 15 is 0 Å². The van der Waals surface area contributed by atoms with E-state index in [-0.39, 0.29) is 46.8 Å². The number of amidine groups is 1. The van der Waals surface area contributed by atoms with Crippen molar-refractivity contribution < 1.29 is 14.1 Å². The van der Waals surface area contributed by atoms with Gasteiger partial charge in [-0.05, 0) is 31.9 Å². The number of primary amides is 1. The largest absolute Gasteiger partial charge is 0.396 e. The van der Waals surface area contributed by atoms with Gasteiger partial charge in [0.15, 0.2) is 0 Å². The lowest BCUT2D eigenvalue weighted by molar-refractivity contribution is -0.116. The lowest BCUT2D eigenvalue weighted by atomic mass is 9.87. The number of carbonyl (C=O) groups is 2. The summed E-state index contributed by atoms with van der Waals surface area (Å²) in [6.45, 7) is 9.78. The van der Waals surface area contributed by atoms with Gasteiger partial charge in [-0.15, -0.1) is 0 Å². The molecule has 10 nitrogen and oxygen atoms in total. The third-order valence-electron chi connectivity index (χ3n) is 4.98. The first-order chi connectivity index (χ1) is 14.9. The molecule has 0 aromatic carbocycles. The zero-order valence-electron chi connectivity index (χ0n) is 19.1. The Balaban J connectivity index is 2.13. The van der Waals surface area contributed by atoms with Crippen LogP contribution in [-0.4, -0.2) is 33.8 Å². The molecule has 0 radical (unpaired) electrons. The molecule has 2 amide bonds. The van der Waals surface area contributed by atoms with Gasteiger partial charge in [0.2, 0.25) is 11.8 Å². The van der Waals surface area contributed by atoms with Gasteiger partial charge in [-0.2, -0.15) is 0 Å². The van der Waals surface area contributed by atoms with Gasteiger partial charge in [0, 0.05) is 23.7 Å². The number of aliphatic imine (C=N–C) groups is 1. The molecular weight excluding hydrogens is 410 g/mol. The minimum atomic E-state index is -0.799. The third kappa shape index (κ3) is 6.16. The summed E-state index contributed by atoms with van der Waals surface area (Å²) in [6.07, 6.45) is 2.43. The number of hydrogen-bond donors (Lipinski definition) is 4. The van der Waals surface area contributed by atoms with Crippen molar-refractivity contribution in [3.8, 4) is 0 Å². The predicted octanol–water partition coefficient (Wildman–Crippen LogP) is 1.86. The fourth-order valence-electron chi connectivity index (χ4n) is 2.76. The Labute approximate surface area is 187 Å². The highest BCUT2D eigenvalue weighted by Gasteiger charge is 2.23. The lowest BCUT2D eigenvalue weighted by Crippen LogP contribution is -2.30. The summed E-state index contributed by atoms with van der Waals surface area (Å²) in [4.78, 5) is 32.6. The van der Waals surface area contributed by atoms with E-state index < -0.39 is 5.91 Å². The van der Waals surface area contributed by atoms with Crippen molar-refractivity contribution >= 4 is 29.2 Å². The number of carbonyl (C=O) groups excluding carboxylic acids is 2. The van der Waals surface area contributed by atoms with Crippen LogP contribution in [0.4, 0.5) is 5.88 Å². The number of nitrogens with zero attached hydrogens (tertiary/aromatic N) is 3. The van der Waals surface area contributed by atoms with Gasteiger partial charge >= 0.3 is 0 Å². The topological polar surface area (TPSA) is 176 Å². The Morgan fingerprint density at radius 2 is 1.91 bits per heavy atom. The molecule has 0 saturated carbocycles. The summed E-state index contributed by atoms with van der Waals surface area (Å²) >= 11 is 0. The maximum Gasteiger partial charge on any atom is 0.254 e. The molecule has 10 heteroatoms. The van der Waals surface area contributed by atoms with E-state index in [9.17, 15) is 9.59 Å². The molecule has 0 aliphatic carbocycles. The van der Waals surface area contributed by atoms with Crippen LogP contribution in [0.5, 0.6) is 0 Å². The minimum Gasteiger partial charge on any atom is -0.396 e. The Bertz CT molecular complexity index is 1030. The number of hydrogen-bond acceptors (Lipinski definition) is 7. The Kier molecular flexibility index (Phi) is 7.74. The fourth-order valence-corrected chi connectivity index (χ4v) is 2.76. The van der Waals surface area contributed by atoms with Crippen molar-refractivity contribution in [1.82, 2.24) is 10.1 Å². The maximum absolute atomic E-state index is 12.4. The van der Waals surface area contributed by atoms with Gasteiger partial charge < -0.3 is 21.7 Å². The average molecular weight is 442 g/mol. The van der Waals surface area contributed by atoms with Crippen molar-refractivity contribution in [2.24, 2.45) is 22.2 Å². The SMILES string of the molecule is CCC(C)(C)c1cc(NC(=O)Cc2ccc(C(N)=C(C(N)=O)C(N)=NC(C)C)nc2)on1. The molecule has 0 spiro atoms. The highest BCUT2D eigenvalue weighted by atomic mass is 16.5. The van der Waals surface area contributed by atoms with Crippen LogP contribution in [-0.2, 0) is 21.4 Å². The zero-order valence-corrected chi connectivity index (χ0v) is 19.1. The minimum absolute atomic E-state index is 0.0168. The van der Waals surface area contributed by atoms with E-state index in [0.29, 0.717) is 11.3 Å². The van der Waals surface area contributed by atoms with Gasteiger partial charge in [-0.3, -0.25) is 24.9 Å². The molecule has 32 heavy (non-hydrogen) atoms. The van der Waals surface area contributed by atoms with Crippen molar-refractivity contribution in [1.29, 1.82) is 0 Å². The first kappa shape index (κ1) is 24.6. The van der Waals surface area contributed by atoms with Gasteiger partial charge in [-0.25, -0.2) is 0 Å². The van der Waals surface area contributed by atoms with E-state index in [2.05, 4.69) is 41.2 Å². The van der Waals surface area contributed by atoms with Crippen LogP contribution in [0.1, 0.15) is 58.0 Å². The number of nitrogens with one attached hydrogen (secondary N) is 1. The Morgan fingerprint density at radius 1 is 1.22 bits per heavy atom. The summed E-state index contributed by atoms with van der Waals surface area (Å²) in [7, 11) is 0. The fraction of sp³-hybridized carbons (Fsp3) is 0.409. The monoisotopic (exact) mass is 441 g/mol. The summed E-state index contributed by atoms with van der Waals surface area (Å²) in [5.74, 6) is -0.847. The van der Waals surface area contributed by atoms with Crippen LogP contribution in [0.15, 0.2) is 39.5 Å². The van der Waals surface area contributed by atoms with E-state index in [1.54, 1.807) is 18.2 Å². The standard InChI is InChI=1S/C22H31N7O3/c1-6-22(4,5)15-10-17(32-29-15)28-16(30)9-13-7-8-14(26-11-13)19(23)18(21(25)31)20(24)27-12(2)3/h7-8,10-12H,6,9,23H2,1-5H3,(H2,24,27)(H2,25,31)(H,28,30). The first-order valence-corrected chi connectivity index (χ1v) is 10.3. The molecule has 172 valence electrons. The van der Waals surface area contributed by atoms with E-state index in [4.69, 9.17) is 21.7 Å². The molecule has 0 fully saturated rings. The summed E-state index contributed by atoms with van der Waals surface area (Å²) in [6, 6.07) is 4.84. The normalized spacial score (nSPS) is 13.1. The molecule has 2 aromatic rings. The van der Waals surface area contributed by atoms with Gasteiger partial charge in [0.05, 0.1) is 23.5 Å². The molecular formula is C22H31N7O3. The highest BCUT2D eigenvalue weighted by Crippen LogP contribution is 2.27. The van der Waals surface area contributed by atoms with Gasteiger partial charge in [-0.1, -0.05) is 32.0 Å². The predicted molar refractivity (Wildman–Crippen MR) is 123 cm³/mol. The number of pyridine rings is 1. The van der Waals surface area contributed by atoms with Crippen molar-refractivity contribution in [3.63, 3.8) is 0 Å². The average Bonchev–Trinajstić information content (AvgIpc) is 3.16. The Hall–Kier alpha value is -3.69. The summed E-state index contributed by atoms with van der Waals surface area (Å²) in [5.41, 5.74) is 18.9. The summed E-state index contributed by atoms with van der Waals surface area (Å²) in [5, 5.41) is 6.72. The second kappa shape index (κ2) is 10.1. The highest BCUT2D eigenvalue weighted by molar-refractivity contribution is 6.24. The van der Waals surface area contributed by atoms with Crippen LogP contribution in [0.3, 0.4) is 0 Å². The van der Waals surface area contributed by atoms with Crippen molar-refractivity contribution in [2.45, 2.75) is 58.9 Å². The molecule has 7 N–H and O–H groups in total. The second-order valence-electron chi connectivity index (χ2n) is 8.35. The second-order valence-corrected chi connectivity index (χ2v) is 8.35. The molecule has 2 rings (SSSR count). The molecule has 2 aromatic heterocycles. The zero-order chi connectivity index (χ0) is 24.1. The van der Waals surface area contributed by atoms with Crippen molar-refractivity contribution in [2.75, 3.05) is 5.32 Å². The smallest absolute Gasteiger partial charge is 0.254 e. The van der Waals surface area contributed by atoms with Crippen molar-refractivity contribution in [3.05, 3.63) is 46.9 Å². The molecule has 0 bridgehead atoms. The van der Waals surface area contributed by atoms with Gasteiger partial charge in [0.1, 0.15) is 11.4 Å².